The van der Waals surface area contributed by atoms with Gasteiger partial charge in [-0.15, -0.1) is 0 Å². The summed E-state index contributed by atoms with van der Waals surface area (Å²) < 4.78 is 50.2. The Labute approximate surface area is 209 Å². The molecule has 1 atom stereocenters. The summed E-state index contributed by atoms with van der Waals surface area (Å²) in [5, 5.41) is 13.7. The van der Waals surface area contributed by atoms with E-state index in [4.69, 9.17) is 21.1 Å². The Morgan fingerprint density at radius 3 is 2.72 bits per heavy atom. The van der Waals surface area contributed by atoms with E-state index < -0.39 is 22.5 Å². The fourth-order valence-corrected chi connectivity index (χ4v) is 4.27. The van der Waals surface area contributed by atoms with Gasteiger partial charge in [-0.3, -0.25) is 15.0 Å². The molecule has 4 heterocycles. The first-order valence-corrected chi connectivity index (χ1v) is 11.7. The zero-order valence-corrected chi connectivity index (χ0v) is 20.1. The maximum absolute atomic E-state index is 13.1. The molecule has 0 aromatic carbocycles. The van der Waals surface area contributed by atoms with Crippen LogP contribution in [0.2, 0.25) is 5.28 Å². The average Bonchev–Trinajstić information content (AvgIpc) is 2.78. The van der Waals surface area contributed by atoms with Crippen molar-refractivity contribution in [3.63, 3.8) is 0 Å². The Morgan fingerprint density at radius 2 is 2.08 bits per heavy atom. The molecule has 4 rings (SSSR count). The van der Waals surface area contributed by atoms with Crippen molar-refractivity contribution >= 4 is 28.9 Å². The van der Waals surface area contributed by atoms with Crippen LogP contribution in [-0.2, 0) is 10.9 Å². The number of anilines is 2. The number of hydrogen-bond donors (Lipinski definition) is 1. The van der Waals surface area contributed by atoms with E-state index in [1.165, 1.54) is 6.07 Å². The van der Waals surface area contributed by atoms with Crippen LogP contribution < -0.4 is 15.0 Å². The zero-order valence-electron chi connectivity index (χ0n) is 19.4. The molecular formula is C21H25ClF3N7O4. The van der Waals surface area contributed by atoms with Gasteiger partial charge < -0.3 is 19.7 Å². The van der Waals surface area contributed by atoms with Crippen molar-refractivity contribution in [1.82, 2.24) is 19.9 Å². The molecule has 196 valence electrons. The predicted octanol–water partition coefficient (Wildman–Crippen LogP) is 3.24. The summed E-state index contributed by atoms with van der Waals surface area (Å²) in [5.41, 5.74) is -1.33. The molecule has 2 fully saturated rings. The fourth-order valence-electron chi connectivity index (χ4n) is 4.13. The lowest BCUT2D eigenvalue weighted by Gasteiger charge is -2.46. The van der Waals surface area contributed by atoms with Gasteiger partial charge in [-0.2, -0.15) is 18.2 Å². The van der Waals surface area contributed by atoms with Crippen LogP contribution in [0, 0.1) is 10.1 Å². The number of piperazine rings is 1. The minimum absolute atomic E-state index is 0.0175. The number of pyridine rings is 1. The number of aromatic nitrogens is 3. The van der Waals surface area contributed by atoms with Crippen molar-refractivity contribution in [2.75, 3.05) is 56.2 Å². The highest BCUT2D eigenvalue weighted by atomic mass is 35.5. The molecule has 2 aliphatic rings. The number of alkyl halides is 3. The molecule has 2 aliphatic heterocycles. The van der Waals surface area contributed by atoms with Gasteiger partial charge in [0, 0.05) is 44.5 Å². The minimum Gasteiger partial charge on any atom is -0.473 e. The minimum atomic E-state index is -4.65. The molecule has 11 nitrogen and oxygen atoms in total. The van der Waals surface area contributed by atoms with Gasteiger partial charge in [0.1, 0.15) is 17.2 Å². The van der Waals surface area contributed by atoms with E-state index in [0.717, 1.165) is 19.8 Å². The summed E-state index contributed by atoms with van der Waals surface area (Å²) in [7, 11) is 0. The number of halogens is 4. The highest BCUT2D eigenvalue weighted by molar-refractivity contribution is 6.28. The van der Waals surface area contributed by atoms with E-state index in [0.29, 0.717) is 31.1 Å². The Kier molecular flexibility index (Phi) is 7.95. The van der Waals surface area contributed by atoms with Gasteiger partial charge in [0.25, 0.3) is 5.88 Å². The van der Waals surface area contributed by atoms with Crippen LogP contribution in [0.25, 0.3) is 0 Å². The maximum Gasteiger partial charge on any atom is 0.421 e. The lowest BCUT2D eigenvalue weighted by atomic mass is 10.1. The number of nitrogens with zero attached hydrogens (tertiary/aromatic N) is 6. The normalized spacial score (nSPS) is 19.1. The summed E-state index contributed by atoms with van der Waals surface area (Å²) in [6, 6.07) is 3.63. The van der Waals surface area contributed by atoms with Gasteiger partial charge in [-0.05, 0) is 31.0 Å². The zero-order chi connectivity index (χ0) is 25.9. The molecule has 0 bridgehead atoms. The van der Waals surface area contributed by atoms with Crippen LogP contribution in [0.3, 0.4) is 0 Å². The van der Waals surface area contributed by atoms with Gasteiger partial charge in [-0.1, -0.05) is 0 Å². The second kappa shape index (κ2) is 11.0. The quantitative estimate of drug-likeness (QED) is 0.223. The number of nitro groups is 1. The monoisotopic (exact) mass is 531 g/mol. The fraction of sp³-hybridized carbons (Fsp3) is 0.571. The Morgan fingerprint density at radius 1 is 1.31 bits per heavy atom. The Balaban J connectivity index is 1.35. The second-order valence-corrected chi connectivity index (χ2v) is 8.84. The summed E-state index contributed by atoms with van der Waals surface area (Å²) in [4.78, 5) is 26.7. The van der Waals surface area contributed by atoms with Crippen molar-refractivity contribution in [3.8, 4) is 5.88 Å². The van der Waals surface area contributed by atoms with E-state index in [1.807, 2.05) is 0 Å². The lowest BCUT2D eigenvalue weighted by Crippen LogP contribution is -2.60. The van der Waals surface area contributed by atoms with Crippen molar-refractivity contribution in [2.45, 2.75) is 31.6 Å². The van der Waals surface area contributed by atoms with Gasteiger partial charge >= 0.3 is 11.9 Å². The number of nitrogens with one attached hydrogen (secondary N) is 1. The molecule has 0 radical (unpaired) electrons. The third-order valence-electron chi connectivity index (χ3n) is 6.03. The van der Waals surface area contributed by atoms with Crippen LogP contribution in [0.1, 0.15) is 18.9 Å². The first-order chi connectivity index (χ1) is 17.1. The highest BCUT2D eigenvalue weighted by Crippen LogP contribution is 2.34. The van der Waals surface area contributed by atoms with E-state index in [9.17, 15) is 23.3 Å². The summed E-state index contributed by atoms with van der Waals surface area (Å²) >= 11 is 5.62. The standard InChI is InChI=1S/C21H25ClF3N7O4/c1-13-10-30(6-7-31(13)14-11-35-12-14)17-4-3-16(32(33)34)19(28-17)36-8-2-5-26-18-15(21(23,24)25)9-27-20(22)29-18/h3-4,9,13-14H,2,5-8,10-12H2,1H3,(H,26,27,29). The van der Waals surface area contributed by atoms with Gasteiger partial charge in [0.05, 0.1) is 30.8 Å². The molecule has 0 aliphatic carbocycles. The number of rotatable bonds is 9. The van der Waals surface area contributed by atoms with E-state index >= 15 is 0 Å². The molecule has 1 N–H and O–H groups in total. The molecule has 36 heavy (non-hydrogen) atoms. The maximum atomic E-state index is 13.1. The van der Waals surface area contributed by atoms with Crippen molar-refractivity contribution in [1.29, 1.82) is 0 Å². The predicted molar refractivity (Wildman–Crippen MR) is 125 cm³/mol. The molecular weight excluding hydrogens is 507 g/mol. The largest absolute Gasteiger partial charge is 0.473 e. The summed E-state index contributed by atoms with van der Waals surface area (Å²) in [6.45, 7) is 5.85. The highest BCUT2D eigenvalue weighted by Gasteiger charge is 2.36. The van der Waals surface area contributed by atoms with E-state index in [-0.39, 0.29) is 42.5 Å². The third-order valence-corrected chi connectivity index (χ3v) is 6.21. The molecule has 0 amide bonds. The van der Waals surface area contributed by atoms with Crippen molar-refractivity contribution in [2.24, 2.45) is 0 Å². The van der Waals surface area contributed by atoms with Crippen LogP contribution in [-0.4, -0.2) is 82.9 Å². The van der Waals surface area contributed by atoms with Crippen molar-refractivity contribution in [3.05, 3.63) is 39.3 Å². The van der Waals surface area contributed by atoms with Crippen LogP contribution in [0.4, 0.5) is 30.5 Å². The topological polar surface area (TPSA) is 119 Å². The van der Waals surface area contributed by atoms with Gasteiger partial charge in [-0.25, -0.2) is 9.97 Å². The molecule has 0 saturated carbocycles. The van der Waals surface area contributed by atoms with Crippen LogP contribution in [0.5, 0.6) is 5.88 Å². The smallest absolute Gasteiger partial charge is 0.421 e. The number of hydrogen-bond acceptors (Lipinski definition) is 10. The van der Waals surface area contributed by atoms with E-state index in [2.05, 4.69) is 37.0 Å². The Bertz CT molecular complexity index is 1090. The van der Waals surface area contributed by atoms with Crippen LogP contribution >= 0.6 is 11.6 Å². The SMILES string of the molecule is CC1CN(c2ccc([N+](=O)[O-])c(OCCCNc3nc(Cl)ncc3C(F)(F)F)n2)CCN1C1COC1. The summed E-state index contributed by atoms with van der Waals surface area (Å²) in [6.07, 6.45) is -3.82. The third kappa shape index (κ3) is 6.05. The first kappa shape index (κ1) is 26.1. The molecule has 0 spiro atoms. The molecule has 15 heteroatoms. The molecule has 1 unspecified atom stereocenters. The van der Waals surface area contributed by atoms with Gasteiger partial charge in [0.15, 0.2) is 0 Å². The summed E-state index contributed by atoms with van der Waals surface area (Å²) in [5.74, 6) is -0.0214. The molecule has 2 aromatic rings. The average molecular weight is 532 g/mol. The van der Waals surface area contributed by atoms with E-state index in [1.54, 1.807) is 6.07 Å². The second-order valence-electron chi connectivity index (χ2n) is 8.50. The molecule has 2 aromatic heterocycles. The molecule has 2 saturated heterocycles. The Hall–Kier alpha value is -2.97. The number of ether oxygens (including phenoxy) is 2. The first-order valence-electron chi connectivity index (χ1n) is 11.3. The van der Waals surface area contributed by atoms with Crippen molar-refractivity contribution < 1.29 is 27.6 Å². The lowest BCUT2D eigenvalue weighted by molar-refractivity contribution is -0.386. The van der Waals surface area contributed by atoms with Crippen LogP contribution in [0.15, 0.2) is 18.3 Å². The van der Waals surface area contributed by atoms with Gasteiger partial charge in [0.2, 0.25) is 5.28 Å².